The molecule has 1 aliphatic heterocycles. The number of nitrogens with one attached hydrogen (secondary N) is 1. The van der Waals surface area contributed by atoms with Crippen molar-refractivity contribution in [2.45, 2.75) is 31.8 Å². The largest absolute Gasteiger partial charge is 0.379 e. The molecular formula is C26H22ClF3N2O3. The van der Waals surface area contributed by atoms with E-state index in [2.05, 4.69) is 5.32 Å². The second kappa shape index (κ2) is 9.02. The highest BCUT2D eigenvalue weighted by molar-refractivity contribution is 6.30. The highest BCUT2D eigenvalue weighted by Gasteiger charge is 2.53. The molecule has 0 spiro atoms. The first-order chi connectivity index (χ1) is 16.4. The number of alkyl halides is 2. The summed E-state index contributed by atoms with van der Waals surface area (Å²) in [6.07, 6.45) is -0.751. The predicted octanol–water partition coefficient (Wildman–Crippen LogP) is 5.93. The van der Waals surface area contributed by atoms with Gasteiger partial charge in [0.1, 0.15) is 5.82 Å². The average Bonchev–Trinajstić information content (AvgIpc) is 2.88. The van der Waals surface area contributed by atoms with Gasteiger partial charge < -0.3 is 15.3 Å². The zero-order chi connectivity index (χ0) is 25.5. The molecule has 0 unspecified atom stereocenters. The smallest absolute Gasteiger partial charge is 0.281 e. The first kappa shape index (κ1) is 24.8. The van der Waals surface area contributed by atoms with Gasteiger partial charge in [0.2, 0.25) is 0 Å². The van der Waals surface area contributed by atoms with Crippen LogP contribution in [-0.2, 0) is 5.60 Å². The number of benzene rings is 3. The second-order valence-electron chi connectivity index (χ2n) is 8.64. The number of anilines is 2. The van der Waals surface area contributed by atoms with Crippen LogP contribution in [0.2, 0.25) is 5.02 Å². The maximum absolute atomic E-state index is 14.8. The topological polar surface area (TPSA) is 69.6 Å². The molecule has 0 radical (unpaired) electrons. The molecule has 0 bridgehead atoms. The quantitative estimate of drug-likeness (QED) is 0.466. The van der Waals surface area contributed by atoms with Crippen molar-refractivity contribution in [3.05, 3.63) is 93.8 Å². The van der Waals surface area contributed by atoms with Crippen LogP contribution in [0, 0.1) is 12.7 Å². The van der Waals surface area contributed by atoms with Crippen LogP contribution in [0.4, 0.5) is 24.5 Å². The molecule has 0 saturated heterocycles. The molecule has 3 aromatic rings. The van der Waals surface area contributed by atoms with E-state index < -0.39 is 35.6 Å². The van der Waals surface area contributed by atoms with Crippen molar-refractivity contribution in [1.82, 2.24) is 0 Å². The van der Waals surface area contributed by atoms with Crippen molar-refractivity contribution >= 4 is 34.8 Å². The zero-order valence-corrected chi connectivity index (χ0v) is 19.7. The lowest BCUT2D eigenvalue weighted by Crippen LogP contribution is -2.42. The van der Waals surface area contributed by atoms with Gasteiger partial charge in [-0.3, -0.25) is 9.59 Å². The van der Waals surface area contributed by atoms with Gasteiger partial charge >= 0.3 is 0 Å². The molecule has 0 aliphatic carbocycles. The minimum atomic E-state index is -3.50. The summed E-state index contributed by atoms with van der Waals surface area (Å²) in [6, 6.07) is 13.9. The van der Waals surface area contributed by atoms with E-state index in [1.165, 1.54) is 59.5 Å². The lowest BCUT2D eigenvalue weighted by Gasteiger charge is -2.32. The van der Waals surface area contributed by atoms with Crippen LogP contribution in [-0.4, -0.2) is 29.4 Å². The SMILES string of the molecule is Cc1ccc(F)cc1C(=O)Nc1ccc(C(=O)N2CCC(F)(F)[C@](C)(O)c3cc(Cl)ccc32)cc1. The normalized spacial score (nSPS) is 19.0. The van der Waals surface area contributed by atoms with Crippen molar-refractivity contribution in [1.29, 1.82) is 0 Å². The number of hydrogen-bond acceptors (Lipinski definition) is 3. The van der Waals surface area contributed by atoms with Crippen LogP contribution in [0.1, 0.15) is 45.2 Å². The maximum Gasteiger partial charge on any atom is 0.281 e. The Labute approximate surface area is 205 Å². The lowest BCUT2D eigenvalue weighted by molar-refractivity contribution is -0.177. The molecule has 182 valence electrons. The molecule has 1 atom stereocenters. The first-order valence-corrected chi connectivity index (χ1v) is 11.2. The highest BCUT2D eigenvalue weighted by atomic mass is 35.5. The Morgan fingerprint density at radius 1 is 1.06 bits per heavy atom. The third-order valence-corrected chi connectivity index (χ3v) is 6.45. The molecule has 35 heavy (non-hydrogen) atoms. The molecule has 2 N–H and O–H groups in total. The van der Waals surface area contributed by atoms with Crippen LogP contribution >= 0.6 is 11.6 Å². The monoisotopic (exact) mass is 502 g/mol. The Kier molecular flexibility index (Phi) is 6.38. The molecule has 4 rings (SSSR count). The van der Waals surface area contributed by atoms with Crippen LogP contribution in [0.25, 0.3) is 0 Å². The zero-order valence-electron chi connectivity index (χ0n) is 18.9. The van der Waals surface area contributed by atoms with Crippen molar-refractivity contribution in [2.75, 3.05) is 16.8 Å². The summed E-state index contributed by atoms with van der Waals surface area (Å²) >= 11 is 6.00. The lowest BCUT2D eigenvalue weighted by atomic mass is 9.87. The molecule has 5 nitrogen and oxygen atoms in total. The summed E-state index contributed by atoms with van der Waals surface area (Å²) in [5.41, 5.74) is -1.19. The first-order valence-electron chi connectivity index (χ1n) is 10.8. The van der Waals surface area contributed by atoms with Gasteiger partial charge in [0.25, 0.3) is 17.7 Å². The van der Waals surface area contributed by atoms with E-state index in [0.29, 0.717) is 11.3 Å². The van der Waals surface area contributed by atoms with Crippen LogP contribution in [0.3, 0.4) is 0 Å². The van der Waals surface area contributed by atoms with Gasteiger partial charge in [-0.1, -0.05) is 17.7 Å². The van der Waals surface area contributed by atoms with E-state index in [4.69, 9.17) is 11.6 Å². The fraction of sp³-hybridized carbons (Fsp3) is 0.231. The number of hydrogen-bond donors (Lipinski definition) is 2. The summed E-state index contributed by atoms with van der Waals surface area (Å²) in [5.74, 6) is -5.10. The molecular weight excluding hydrogens is 481 g/mol. The molecule has 0 aromatic heterocycles. The van der Waals surface area contributed by atoms with Gasteiger partial charge in [-0.15, -0.1) is 0 Å². The molecule has 0 saturated carbocycles. The molecule has 1 aliphatic rings. The van der Waals surface area contributed by atoms with E-state index in [1.54, 1.807) is 6.92 Å². The Hall–Kier alpha value is -3.36. The van der Waals surface area contributed by atoms with E-state index in [9.17, 15) is 27.9 Å². The van der Waals surface area contributed by atoms with E-state index >= 15 is 0 Å². The Morgan fingerprint density at radius 2 is 1.74 bits per heavy atom. The number of halogens is 4. The number of carbonyl (C=O) groups excluding carboxylic acids is 2. The number of amides is 2. The molecule has 9 heteroatoms. The van der Waals surface area contributed by atoms with Crippen LogP contribution in [0.5, 0.6) is 0 Å². The second-order valence-corrected chi connectivity index (χ2v) is 9.07. The molecule has 3 aromatic carbocycles. The van der Waals surface area contributed by atoms with Crippen molar-refractivity contribution in [3.63, 3.8) is 0 Å². The summed E-state index contributed by atoms with van der Waals surface area (Å²) in [6.45, 7) is 2.37. The van der Waals surface area contributed by atoms with E-state index in [0.717, 1.165) is 13.0 Å². The third-order valence-electron chi connectivity index (χ3n) is 6.21. The third kappa shape index (κ3) is 4.63. The van der Waals surface area contributed by atoms with Gasteiger partial charge in [0, 0.05) is 40.4 Å². The van der Waals surface area contributed by atoms with Crippen molar-refractivity contribution in [2.24, 2.45) is 0 Å². The van der Waals surface area contributed by atoms with Crippen LogP contribution in [0.15, 0.2) is 60.7 Å². The number of aryl methyl sites for hydroxylation is 1. The number of fused-ring (bicyclic) bond motifs is 1. The van der Waals surface area contributed by atoms with Gasteiger partial charge in [0.15, 0.2) is 5.60 Å². The molecule has 1 heterocycles. The van der Waals surface area contributed by atoms with E-state index in [-0.39, 0.29) is 33.9 Å². The summed E-state index contributed by atoms with van der Waals surface area (Å²) in [4.78, 5) is 27.0. The maximum atomic E-state index is 14.8. The Balaban J connectivity index is 1.60. The fourth-order valence-electron chi connectivity index (χ4n) is 4.05. The van der Waals surface area contributed by atoms with Gasteiger partial charge in [-0.25, -0.2) is 13.2 Å². The summed E-state index contributed by atoms with van der Waals surface area (Å²) in [7, 11) is 0. The minimum Gasteiger partial charge on any atom is -0.379 e. The van der Waals surface area contributed by atoms with Crippen LogP contribution < -0.4 is 10.2 Å². The van der Waals surface area contributed by atoms with E-state index in [1.807, 2.05) is 0 Å². The van der Waals surface area contributed by atoms with Gasteiger partial charge in [-0.2, -0.15) is 0 Å². The molecule has 2 amide bonds. The molecule has 0 fully saturated rings. The van der Waals surface area contributed by atoms with Crippen molar-refractivity contribution < 1.29 is 27.9 Å². The fourth-order valence-corrected chi connectivity index (χ4v) is 4.22. The highest BCUT2D eigenvalue weighted by Crippen LogP contribution is 2.47. The average molecular weight is 503 g/mol. The Morgan fingerprint density at radius 3 is 2.43 bits per heavy atom. The van der Waals surface area contributed by atoms with Gasteiger partial charge in [-0.05, 0) is 74.0 Å². The predicted molar refractivity (Wildman–Crippen MR) is 128 cm³/mol. The van der Waals surface area contributed by atoms with Crippen molar-refractivity contribution in [3.8, 4) is 0 Å². The minimum absolute atomic E-state index is 0.139. The van der Waals surface area contributed by atoms with Gasteiger partial charge in [0.05, 0.1) is 5.69 Å². The summed E-state index contributed by atoms with van der Waals surface area (Å²) in [5, 5.41) is 13.5. The number of aliphatic hydroxyl groups is 1. The number of rotatable bonds is 3. The summed E-state index contributed by atoms with van der Waals surface area (Å²) < 4.78 is 43.1. The Bertz CT molecular complexity index is 1310. The number of carbonyl (C=O) groups is 2. The standard InChI is InChI=1S/C26H22ClF3N2O3/c1-15-3-7-18(28)14-20(15)23(33)31-19-8-4-16(5-9-19)24(34)32-12-11-26(29,30)25(2,35)21-13-17(27)6-10-22(21)32/h3-10,13-14,35H,11-12H2,1-2H3,(H,31,33)/t25-/m1/s1. The number of nitrogens with zero attached hydrogens (tertiary/aromatic N) is 1.